The maximum atomic E-state index is 12.0. The molecule has 0 bridgehead atoms. The molecule has 2 N–H and O–H groups in total. The van der Waals surface area contributed by atoms with E-state index in [0.717, 1.165) is 18.9 Å². The molecule has 1 fully saturated rings. The molecule has 1 aliphatic rings. The molecule has 1 unspecified atom stereocenters. The zero-order valence-electron chi connectivity index (χ0n) is 12.1. The largest absolute Gasteiger partial charge is 0.478 e. The zero-order chi connectivity index (χ0) is 16.3. The van der Waals surface area contributed by atoms with Crippen molar-refractivity contribution in [2.75, 3.05) is 24.2 Å². The van der Waals surface area contributed by atoms with Crippen molar-refractivity contribution < 1.29 is 23.1 Å². The molecule has 1 saturated heterocycles. The van der Waals surface area contributed by atoms with Crippen LogP contribution in [-0.4, -0.2) is 44.5 Å². The van der Waals surface area contributed by atoms with Gasteiger partial charge in [0.25, 0.3) is 0 Å². The van der Waals surface area contributed by atoms with E-state index in [1.807, 2.05) is 0 Å². The minimum Gasteiger partial charge on any atom is -0.478 e. The van der Waals surface area contributed by atoms with Gasteiger partial charge in [-0.3, -0.25) is 0 Å². The van der Waals surface area contributed by atoms with Crippen molar-refractivity contribution >= 4 is 33.1 Å². The van der Waals surface area contributed by atoms with Gasteiger partial charge in [-0.05, 0) is 25.0 Å². The number of hydrogen-bond acceptors (Lipinski definition) is 5. The molecular weight excluding hydrogens is 330 g/mol. The van der Waals surface area contributed by atoms with Gasteiger partial charge in [0.15, 0.2) is 9.84 Å². The van der Waals surface area contributed by atoms with Crippen molar-refractivity contribution in [1.29, 1.82) is 0 Å². The van der Waals surface area contributed by atoms with Crippen molar-refractivity contribution in [3.63, 3.8) is 0 Å². The normalized spacial score (nSPS) is 18.4. The fourth-order valence-electron chi connectivity index (χ4n) is 2.30. The molecule has 22 heavy (non-hydrogen) atoms. The van der Waals surface area contributed by atoms with Crippen LogP contribution in [0.4, 0.5) is 5.69 Å². The lowest BCUT2D eigenvalue weighted by Gasteiger charge is -2.15. The first-order chi connectivity index (χ1) is 10.3. The fraction of sp³-hybridized carbons (Fsp3) is 0.500. The number of benzene rings is 1. The van der Waals surface area contributed by atoms with Gasteiger partial charge in [0.2, 0.25) is 0 Å². The summed E-state index contributed by atoms with van der Waals surface area (Å²) >= 11 is 6.02. The predicted octanol–water partition coefficient (Wildman–Crippen LogP) is 2.42. The number of carboxylic acid groups (broad SMARTS) is 1. The van der Waals surface area contributed by atoms with Gasteiger partial charge in [0.1, 0.15) is 0 Å². The van der Waals surface area contributed by atoms with Crippen molar-refractivity contribution in [3.05, 3.63) is 22.7 Å². The Morgan fingerprint density at radius 1 is 1.50 bits per heavy atom. The monoisotopic (exact) mass is 347 g/mol. The molecule has 0 aliphatic carbocycles. The number of carboxylic acids is 1. The Morgan fingerprint density at radius 3 is 2.77 bits per heavy atom. The van der Waals surface area contributed by atoms with Crippen LogP contribution in [0, 0.1) is 0 Å². The lowest BCUT2D eigenvalue weighted by Crippen LogP contribution is -2.20. The molecule has 1 atom stereocenters. The van der Waals surface area contributed by atoms with Gasteiger partial charge >= 0.3 is 5.97 Å². The van der Waals surface area contributed by atoms with Crippen LogP contribution in [0.5, 0.6) is 0 Å². The minimum atomic E-state index is -3.58. The average molecular weight is 348 g/mol. The van der Waals surface area contributed by atoms with E-state index < -0.39 is 15.8 Å². The molecule has 1 heterocycles. The summed E-state index contributed by atoms with van der Waals surface area (Å²) in [6, 6.07) is 2.46. The van der Waals surface area contributed by atoms with E-state index in [9.17, 15) is 18.3 Å². The molecule has 1 aromatic carbocycles. The van der Waals surface area contributed by atoms with Crippen molar-refractivity contribution in [2.24, 2.45) is 0 Å². The second-order valence-electron chi connectivity index (χ2n) is 5.05. The maximum absolute atomic E-state index is 12.0. The number of hydrogen-bond donors (Lipinski definition) is 2. The highest BCUT2D eigenvalue weighted by Crippen LogP contribution is 2.30. The first kappa shape index (κ1) is 17.1. The number of ether oxygens (including phenoxy) is 1. The average Bonchev–Trinajstić information content (AvgIpc) is 2.97. The third-order valence-electron chi connectivity index (χ3n) is 3.56. The summed E-state index contributed by atoms with van der Waals surface area (Å²) in [5.41, 5.74) is 0.178. The first-order valence-electron chi connectivity index (χ1n) is 7.00. The van der Waals surface area contributed by atoms with E-state index in [-0.39, 0.29) is 27.3 Å². The van der Waals surface area contributed by atoms with E-state index >= 15 is 0 Å². The Bertz CT molecular complexity index is 668. The zero-order valence-corrected chi connectivity index (χ0v) is 13.7. The molecule has 6 nitrogen and oxygen atoms in total. The molecule has 0 saturated carbocycles. The lowest BCUT2D eigenvalue weighted by molar-refractivity contribution is 0.0697. The maximum Gasteiger partial charge on any atom is 0.337 e. The molecule has 122 valence electrons. The number of nitrogens with one attached hydrogen (secondary N) is 1. The quantitative estimate of drug-likeness (QED) is 0.821. The number of halogens is 1. The highest BCUT2D eigenvalue weighted by molar-refractivity contribution is 7.91. The lowest BCUT2D eigenvalue weighted by atomic mass is 10.1. The van der Waals surface area contributed by atoms with Crippen LogP contribution in [0.25, 0.3) is 0 Å². The molecular formula is C14H18ClNO5S. The molecule has 1 aliphatic heterocycles. The highest BCUT2D eigenvalue weighted by Gasteiger charge is 2.22. The predicted molar refractivity (Wildman–Crippen MR) is 83.6 cm³/mol. The van der Waals surface area contributed by atoms with Crippen LogP contribution in [0.2, 0.25) is 5.02 Å². The van der Waals surface area contributed by atoms with E-state index in [1.165, 1.54) is 13.0 Å². The van der Waals surface area contributed by atoms with Crippen LogP contribution in [0.3, 0.4) is 0 Å². The van der Waals surface area contributed by atoms with Gasteiger partial charge in [-0.2, -0.15) is 0 Å². The number of rotatable bonds is 6. The molecule has 8 heteroatoms. The van der Waals surface area contributed by atoms with Crippen molar-refractivity contribution in [3.8, 4) is 0 Å². The molecule has 2 rings (SSSR count). The third-order valence-corrected chi connectivity index (χ3v) is 5.75. The fourth-order valence-corrected chi connectivity index (χ4v) is 3.78. The summed E-state index contributed by atoms with van der Waals surface area (Å²) in [7, 11) is -3.58. The van der Waals surface area contributed by atoms with E-state index in [0.29, 0.717) is 18.8 Å². The van der Waals surface area contributed by atoms with Crippen LogP contribution < -0.4 is 5.32 Å². The Balaban J connectivity index is 2.33. The van der Waals surface area contributed by atoms with Gasteiger partial charge in [0, 0.05) is 13.2 Å². The van der Waals surface area contributed by atoms with Gasteiger partial charge in [-0.15, -0.1) is 0 Å². The Hall–Kier alpha value is -1.31. The standard InChI is InChI=1S/C14H18ClNO5S/c1-2-22(19,20)13-6-10(14(17)18)12(7-11(13)15)16-8-9-4-3-5-21-9/h6-7,9,16H,2-5,8H2,1H3,(H,17,18). The van der Waals surface area contributed by atoms with E-state index in [4.69, 9.17) is 16.3 Å². The van der Waals surface area contributed by atoms with Crippen LogP contribution in [-0.2, 0) is 14.6 Å². The molecule has 0 aromatic heterocycles. The number of aromatic carboxylic acids is 1. The van der Waals surface area contributed by atoms with Crippen LogP contribution >= 0.6 is 11.6 Å². The second kappa shape index (κ2) is 6.85. The van der Waals surface area contributed by atoms with Gasteiger partial charge < -0.3 is 15.2 Å². The van der Waals surface area contributed by atoms with Crippen molar-refractivity contribution in [1.82, 2.24) is 0 Å². The van der Waals surface area contributed by atoms with Crippen LogP contribution in [0.15, 0.2) is 17.0 Å². The molecule has 0 amide bonds. The SMILES string of the molecule is CCS(=O)(=O)c1cc(C(=O)O)c(NCC2CCCO2)cc1Cl. The number of sulfone groups is 1. The smallest absolute Gasteiger partial charge is 0.337 e. The van der Waals surface area contributed by atoms with Gasteiger partial charge in [0.05, 0.1) is 33.0 Å². The number of anilines is 1. The Morgan fingerprint density at radius 2 is 2.23 bits per heavy atom. The van der Waals surface area contributed by atoms with Crippen LogP contribution in [0.1, 0.15) is 30.1 Å². The summed E-state index contributed by atoms with van der Waals surface area (Å²) in [6.07, 6.45) is 1.91. The second-order valence-corrected chi connectivity index (χ2v) is 7.71. The summed E-state index contributed by atoms with van der Waals surface area (Å²) in [5.74, 6) is -1.35. The summed E-state index contributed by atoms with van der Waals surface area (Å²) in [4.78, 5) is 11.2. The summed E-state index contributed by atoms with van der Waals surface area (Å²) in [5, 5.41) is 12.3. The summed E-state index contributed by atoms with van der Waals surface area (Å²) in [6.45, 7) is 2.64. The van der Waals surface area contributed by atoms with Gasteiger partial charge in [-0.25, -0.2) is 13.2 Å². The van der Waals surface area contributed by atoms with E-state index in [2.05, 4.69) is 5.32 Å². The summed E-state index contributed by atoms with van der Waals surface area (Å²) < 4.78 is 29.4. The Labute approximate surface area is 134 Å². The highest BCUT2D eigenvalue weighted by atomic mass is 35.5. The molecule has 0 radical (unpaired) electrons. The molecule has 0 spiro atoms. The Kier molecular flexibility index (Phi) is 5.31. The third kappa shape index (κ3) is 3.71. The number of carbonyl (C=O) groups is 1. The van der Waals surface area contributed by atoms with Crippen molar-refractivity contribution in [2.45, 2.75) is 30.8 Å². The first-order valence-corrected chi connectivity index (χ1v) is 9.03. The molecule has 1 aromatic rings. The van der Waals surface area contributed by atoms with Gasteiger partial charge in [-0.1, -0.05) is 18.5 Å². The minimum absolute atomic E-state index is 0.0155. The topological polar surface area (TPSA) is 92.7 Å². The van der Waals surface area contributed by atoms with E-state index in [1.54, 1.807) is 0 Å².